The first-order valence-corrected chi connectivity index (χ1v) is 3.55. The van der Waals surface area contributed by atoms with E-state index in [0.717, 1.165) is 0 Å². The van der Waals surface area contributed by atoms with Crippen LogP contribution in [-0.2, 0) is 4.79 Å². The zero-order valence-corrected chi connectivity index (χ0v) is 6.32. The van der Waals surface area contributed by atoms with Crippen molar-refractivity contribution in [3.05, 3.63) is 23.8 Å². The lowest BCUT2D eigenvalue weighted by Gasteiger charge is -2.30. The largest absolute Gasteiger partial charge is 0.384 e. The van der Waals surface area contributed by atoms with E-state index in [1.165, 1.54) is 12.3 Å². The molecule has 3 N–H and O–H groups in total. The smallest absolute Gasteiger partial charge is 0.208 e. The van der Waals surface area contributed by atoms with Gasteiger partial charge >= 0.3 is 0 Å². The van der Waals surface area contributed by atoms with Crippen molar-refractivity contribution < 1.29 is 4.79 Å². The minimum absolute atomic E-state index is 0.108. The molecule has 0 aromatic rings. The van der Waals surface area contributed by atoms with Crippen LogP contribution in [0.25, 0.3) is 0 Å². The molecular weight excluding hydrogens is 156 g/mol. The highest BCUT2D eigenvalue weighted by molar-refractivity contribution is 6.05. The minimum Gasteiger partial charge on any atom is -0.384 e. The second kappa shape index (κ2) is 2.37. The molecule has 0 saturated carbocycles. The van der Waals surface area contributed by atoms with Gasteiger partial charge in [-0.15, -0.1) is 0 Å². The molecule has 0 aromatic carbocycles. The van der Waals surface area contributed by atoms with Gasteiger partial charge in [-0.3, -0.25) is 20.2 Å². The summed E-state index contributed by atoms with van der Waals surface area (Å²) >= 11 is 0. The van der Waals surface area contributed by atoms with Gasteiger partial charge in [-0.1, -0.05) is 0 Å². The molecule has 0 bridgehead atoms. The SMILES string of the molecule is NC1=CC(=O)C2=CN=CCN2N1. The van der Waals surface area contributed by atoms with Crippen LogP contribution < -0.4 is 11.2 Å². The van der Waals surface area contributed by atoms with Crippen molar-refractivity contribution in [2.24, 2.45) is 10.7 Å². The number of hydrazine groups is 1. The molecule has 62 valence electrons. The Labute approximate surface area is 69.2 Å². The predicted octanol–water partition coefficient (Wildman–Crippen LogP) is -0.898. The number of hydrogen-bond donors (Lipinski definition) is 2. The number of nitrogens with two attached hydrogens (primary N) is 1. The number of ketones is 1. The summed E-state index contributed by atoms with van der Waals surface area (Å²) < 4.78 is 0. The monoisotopic (exact) mass is 164 g/mol. The summed E-state index contributed by atoms with van der Waals surface area (Å²) in [4.78, 5) is 15.1. The molecule has 0 aliphatic carbocycles. The number of carbonyl (C=O) groups is 1. The Balaban J connectivity index is 2.37. The molecule has 2 aliphatic rings. The highest BCUT2D eigenvalue weighted by Crippen LogP contribution is 2.11. The number of fused-ring (bicyclic) bond motifs is 1. The Bertz CT molecular complexity index is 315. The lowest BCUT2D eigenvalue weighted by atomic mass is 10.2. The maximum Gasteiger partial charge on any atom is 0.208 e. The van der Waals surface area contributed by atoms with Crippen LogP contribution in [0, 0.1) is 0 Å². The average molecular weight is 164 g/mol. The van der Waals surface area contributed by atoms with E-state index in [1.54, 1.807) is 11.2 Å². The number of rotatable bonds is 0. The minimum atomic E-state index is -0.108. The van der Waals surface area contributed by atoms with Crippen molar-refractivity contribution in [1.29, 1.82) is 0 Å². The van der Waals surface area contributed by atoms with Gasteiger partial charge in [-0.25, -0.2) is 0 Å². The molecule has 5 heteroatoms. The molecule has 2 aliphatic heterocycles. The molecule has 5 nitrogen and oxygen atoms in total. The van der Waals surface area contributed by atoms with Crippen LogP contribution in [0.5, 0.6) is 0 Å². The third-order valence-corrected chi connectivity index (χ3v) is 1.66. The molecule has 0 amide bonds. The molecular formula is C7H8N4O. The van der Waals surface area contributed by atoms with Crippen LogP contribution in [0.3, 0.4) is 0 Å². The Morgan fingerprint density at radius 2 is 2.50 bits per heavy atom. The quantitative estimate of drug-likeness (QED) is 0.487. The summed E-state index contributed by atoms with van der Waals surface area (Å²) in [5.41, 5.74) is 8.82. The van der Waals surface area contributed by atoms with Crippen LogP contribution >= 0.6 is 0 Å². The molecule has 0 unspecified atom stereocenters. The zero-order chi connectivity index (χ0) is 8.55. The van der Waals surface area contributed by atoms with Crippen molar-refractivity contribution in [3.8, 4) is 0 Å². The molecule has 12 heavy (non-hydrogen) atoms. The zero-order valence-electron chi connectivity index (χ0n) is 6.32. The fourth-order valence-electron chi connectivity index (χ4n) is 1.13. The number of nitrogens with zero attached hydrogens (tertiary/aromatic N) is 2. The van der Waals surface area contributed by atoms with Gasteiger partial charge in [-0.05, 0) is 0 Å². The van der Waals surface area contributed by atoms with E-state index in [4.69, 9.17) is 5.73 Å². The molecule has 0 radical (unpaired) electrons. The number of carbonyl (C=O) groups excluding carboxylic acids is 1. The van der Waals surface area contributed by atoms with Gasteiger partial charge in [0, 0.05) is 12.3 Å². The predicted molar refractivity (Wildman–Crippen MR) is 43.7 cm³/mol. The summed E-state index contributed by atoms with van der Waals surface area (Å²) in [7, 11) is 0. The van der Waals surface area contributed by atoms with Crippen molar-refractivity contribution in [1.82, 2.24) is 10.4 Å². The summed E-state index contributed by atoms with van der Waals surface area (Å²) in [6.45, 7) is 0.562. The first-order valence-electron chi connectivity index (χ1n) is 3.55. The standard InChI is InChI=1S/C7H8N4O/c8-7-3-6(12)5-4-9-1-2-11(5)10-7/h1,3-4,10H,2,8H2. The van der Waals surface area contributed by atoms with E-state index in [1.807, 2.05) is 0 Å². The van der Waals surface area contributed by atoms with Crippen LogP contribution in [0.4, 0.5) is 0 Å². The van der Waals surface area contributed by atoms with Crippen LogP contribution in [0.2, 0.25) is 0 Å². The summed E-state index contributed by atoms with van der Waals surface area (Å²) in [6, 6.07) is 0. The fraction of sp³-hybridized carbons (Fsp3) is 0.143. The molecule has 0 fully saturated rings. The van der Waals surface area contributed by atoms with Crippen molar-refractivity contribution in [3.63, 3.8) is 0 Å². The van der Waals surface area contributed by atoms with Gasteiger partial charge in [0.1, 0.15) is 11.5 Å². The van der Waals surface area contributed by atoms with Crippen LogP contribution in [0.15, 0.2) is 28.8 Å². The maximum atomic E-state index is 11.3. The first-order chi connectivity index (χ1) is 5.77. The van der Waals surface area contributed by atoms with Crippen molar-refractivity contribution in [2.45, 2.75) is 0 Å². The molecule has 0 spiro atoms. The third-order valence-electron chi connectivity index (χ3n) is 1.66. The Hall–Kier alpha value is -1.78. The van der Waals surface area contributed by atoms with Gasteiger partial charge in [0.05, 0.1) is 12.7 Å². The molecule has 2 heterocycles. The van der Waals surface area contributed by atoms with Crippen LogP contribution in [0.1, 0.15) is 0 Å². The normalized spacial score (nSPS) is 21.0. The van der Waals surface area contributed by atoms with Crippen molar-refractivity contribution >= 4 is 12.0 Å². The lowest BCUT2D eigenvalue weighted by Crippen LogP contribution is -2.46. The van der Waals surface area contributed by atoms with Gasteiger partial charge < -0.3 is 5.73 Å². The third kappa shape index (κ3) is 0.952. The number of nitrogens with one attached hydrogen (secondary N) is 1. The molecule has 0 atom stereocenters. The number of hydrogen-bond acceptors (Lipinski definition) is 5. The highest BCUT2D eigenvalue weighted by Gasteiger charge is 2.22. The second-order valence-electron chi connectivity index (χ2n) is 2.53. The van der Waals surface area contributed by atoms with Gasteiger partial charge in [-0.2, -0.15) is 0 Å². The lowest BCUT2D eigenvalue weighted by molar-refractivity contribution is -0.113. The van der Waals surface area contributed by atoms with Crippen LogP contribution in [-0.4, -0.2) is 23.6 Å². The van der Waals surface area contributed by atoms with E-state index in [2.05, 4.69) is 10.4 Å². The van der Waals surface area contributed by atoms with E-state index >= 15 is 0 Å². The molecule has 0 aromatic heterocycles. The highest BCUT2D eigenvalue weighted by atomic mass is 16.1. The number of allylic oxidation sites excluding steroid dienone is 1. The van der Waals surface area contributed by atoms with E-state index in [9.17, 15) is 4.79 Å². The number of aliphatic imine (C=N–C) groups is 1. The van der Waals surface area contributed by atoms with E-state index < -0.39 is 0 Å². The summed E-state index contributed by atoms with van der Waals surface area (Å²) in [5, 5.41) is 1.66. The average Bonchev–Trinajstić information content (AvgIpc) is 2.04. The van der Waals surface area contributed by atoms with Gasteiger partial charge in [0.15, 0.2) is 0 Å². The van der Waals surface area contributed by atoms with Gasteiger partial charge in [0.25, 0.3) is 0 Å². The summed E-state index contributed by atoms with van der Waals surface area (Å²) in [6.07, 6.45) is 4.56. The Morgan fingerprint density at radius 1 is 1.67 bits per heavy atom. The summed E-state index contributed by atoms with van der Waals surface area (Å²) in [5.74, 6) is 0.260. The van der Waals surface area contributed by atoms with E-state index in [0.29, 0.717) is 18.1 Å². The van der Waals surface area contributed by atoms with E-state index in [-0.39, 0.29) is 5.78 Å². The Morgan fingerprint density at radius 3 is 3.33 bits per heavy atom. The first kappa shape index (κ1) is 6.90. The maximum absolute atomic E-state index is 11.3. The van der Waals surface area contributed by atoms with Crippen molar-refractivity contribution in [2.75, 3.05) is 6.54 Å². The second-order valence-corrected chi connectivity index (χ2v) is 2.53. The molecule has 0 saturated heterocycles. The molecule has 2 rings (SSSR count). The fourth-order valence-corrected chi connectivity index (χ4v) is 1.13. The topological polar surface area (TPSA) is 70.7 Å². The Kier molecular flexibility index (Phi) is 1.36. The van der Waals surface area contributed by atoms with Gasteiger partial charge in [0.2, 0.25) is 5.78 Å².